The minimum Gasteiger partial charge on any atom is -0.370 e. The Morgan fingerprint density at radius 3 is 1.29 bits per heavy atom. The minimum absolute atomic E-state index is 0.0218. The second kappa shape index (κ2) is 22.7. The Balaban J connectivity index is 1.52. The number of halogens is 2. The van der Waals surface area contributed by atoms with Crippen molar-refractivity contribution in [3.63, 3.8) is 0 Å². The molecular formula is C42H51Cl2N11O4. The quantitative estimate of drug-likeness (QED) is 0.0334. The average molecular weight is 845 g/mol. The number of nitrogens with one attached hydrogen (secondary N) is 7. The Hall–Kier alpha value is -6.16. The van der Waals surface area contributed by atoms with Gasteiger partial charge < -0.3 is 49.5 Å². The molecule has 59 heavy (non-hydrogen) atoms. The fourth-order valence-corrected chi connectivity index (χ4v) is 6.43. The summed E-state index contributed by atoms with van der Waals surface area (Å²) in [5, 5.41) is 29.6. The van der Waals surface area contributed by atoms with Crippen LogP contribution in [0.4, 0.5) is 0 Å². The van der Waals surface area contributed by atoms with Crippen LogP contribution in [-0.2, 0) is 32.0 Å². The molecular weight excluding hydrogens is 793 g/mol. The lowest BCUT2D eigenvalue weighted by Gasteiger charge is -2.26. The summed E-state index contributed by atoms with van der Waals surface area (Å²) < 4.78 is 0. The third kappa shape index (κ3) is 15.3. The molecule has 0 radical (unpaired) electrons. The number of carbonyl (C=O) groups is 4. The molecule has 4 rings (SSSR count). The molecule has 0 aliphatic rings. The molecule has 0 saturated carbocycles. The van der Waals surface area contributed by atoms with Crippen molar-refractivity contribution in [3.8, 4) is 22.3 Å². The van der Waals surface area contributed by atoms with Gasteiger partial charge in [-0.15, -0.1) is 0 Å². The van der Waals surface area contributed by atoms with E-state index in [9.17, 15) is 19.2 Å². The molecule has 0 aliphatic heterocycles. The van der Waals surface area contributed by atoms with Gasteiger partial charge in [0, 0.05) is 29.6 Å². The Labute approximate surface area is 353 Å². The molecule has 0 fully saturated rings. The van der Waals surface area contributed by atoms with Crippen LogP contribution in [0.5, 0.6) is 0 Å². The fourth-order valence-electron chi connectivity index (χ4n) is 6.18. The molecule has 0 bridgehead atoms. The van der Waals surface area contributed by atoms with Gasteiger partial charge in [-0.3, -0.25) is 30.0 Å². The third-order valence-corrected chi connectivity index (χ3v) is 9.90. The van der Waals surface area contributed by atoms with Crippen molar-refractivity contribution < 1.29 is 19.2 Å². The molecule has 4 atom stereocenters. The van der Waals surface area contributed by atoms with Crippen molar-refractivity contribution in [2.75, 3.05) is 13.1 Å². The van der Waals surface area contributed by atoms with Gasteiger partial charge in [-0.05, 0) is 89.8 Å². The highest BCUT2D eigenvalue weighted by atomic mass is 35.5. The number of rotatable bonds is 21. The predicted molar refractivity (Wildman–Crippen MR) is 232 cm³/mol. The van der Waals surface area contributed by atoms with E-state index < -0.39 is 47.8 Å². The topological polar surface area (TPSA) is 280 Å². The molecule has 0 saturated heterocycles. The molecule has 0 spiro atoms. The zero-order chi connectivity index (χ0) is 42.9. The maximum Gasteiger partial charge on any atom is 0.243 e. The van der Waals surface area contributed by atoms with Crippen molar-refractivity contribution in [2.24, 2.45) is 22.9 Å². The van der Waals surface area contributed by atoms with Gasteiger partial charge >= 0.3 is 0 Å². The second-order valence-electron chi connectivity index (χ2n) is 14.0. The average Bonchev–Trinajstić information content (AvgIpc) is 3.20. The van der Waals surface area contributed by atoms with Crippen LogP contribution >= 0.6 is 23.2 Å². The molecule has 15 N–H and O–H groups in total. The van der Waals surface area contributed by atoms with Gasteiger partial charge in [0.2, 0.25) is 23.6 Å². The number of hydrogen-bond donors (Lipinski definition) is 11. The monoisotopic (exact) mass is 843 g/mol. The molecule has 0 aliphatic carbocycles. The number of guanidine groups is 2. The summed E-state index contributed by atoms with van der Waals surface area (Å²) in [6, 6.07) is 25.3. The van der Waals surface area contributed by atoms with E-state index in [1.165, 1.54) is 0 Å². The van der Waals surface area contributed by atoms with Crippen molar-refractivity contribution in [2.45, 2.75) is 62.7 Å². The first-order chi connectivity index (χ1) is 28.2. The fraction of sp³-hybridized carbons (Fsp3) is 0.286. The zero-order valence-corrected chi connectivity index (χ0v) is 33.9. The van der Waals surface area contributed by atoms with Gasteiger partial charge in [-0.1, -0.05) is 96.0 Å². The Bertz CT molecular complexity index is 2050. The van der Waals surface area contributed by atoms with E-state index in [0.29, 0.717) is 28.5 Å². The highest BCUT2D eigenvalue weighted by Crippen LogP contribution is 2.24. The summed E-state index contributed by atoms with van der Waals surface area (Å²) in [5.41, 5.74) is 28.1. The van der Waals surface area contributed by atoms with E-state index in [4.69, 9.17) is 57.0 Å². The van der Waals surface area contributed by atoms with Crippen LogP contribution in [0.1, 0.15) is 36.8 Å². The first kappa shape index (κ1) is 45.5. The van der Waals surface area contributed by atoms with Crippen LogP contribution in [0.2, 0.25) is 10.0 Å². The lowest BCUT2D eigenvalue weighted by molar-refractivity contribution is -0.133. The van der Waals surface area contributed by atoms with Gasteiger partial charge in [-0.25, -0.2) is 0 Å². The van der Waals surface area contributed by atoms with Crippen LogP contribution in [0.15, 0.2) is 97.1 Å². The summed E-state index contributed by atoms with van der Waals surface area (Å²) in [7, 11) is 0. The lowest BCUT2D eigenvalue weighted by atomic mass is 9.99. The zero-order valence-electron chi connectivity index (χ0n) is 32.4. The number of carbonyl (C=O) groups excluding carboxylic acids is 4. The molecule has 4 aromatic carbocycles. The van der Waals surface area contributed by atoms with Crippen molar-refractivity contribution in [1.29, 1.82) is 10.8 Å². The Morgan fingerprint density at radius 2 is 0.864 bits per heavy atom. The van der Waals surface area contributed by atoms with E-state index in [1.54, 1.807) is 24.3 Å². The summed E-state index contributed by atoms with van der Waals surface area (Å²) in [5.74, 6) is -3.20. The second-order valence-corrected chi connectivity index (χ2v) is 14.8. The molecule has 15 nitrogen and oxygen atoms in total. The van der Waals surface area contributed by atoms with Crippen LogP contribution < -0.4 is 49.5 Å². The summed E-state index contributed by atoms with van der Waals surface area (Å²) in [6.07, 6.45) is 1.12. The largest absolute Gasteiger partial charge is 0.370 e. The highest BCUT2D eigenvalue weighted by molar-refractivity contribution is 6.31. The number of benzene rings is 4. The smallest absolute Gasteiger partial charge is 0.243 e. The van der Waals surface area contributed by atoms with E-state index in [1.807, 2.05) is 72.8 Å². The molecule has 0 unspecified atom stereocenters. The standard InChI is InChI=1S/C42H51Cl2N11O4/c43-31-17-13-29(14-18-31)27-9-5-25(6-10-27)23-33(45)38(57)54-35(4-2-22-52-42(49)50)39(58)55-36(40(59)53-34(37(46)56)3-1-21-51-41(47)48)24-26-7-11-28(12-8-26)30-15-19-32(44)20-16-30/h5-20,33-36H,1-4,21-24,45H2,(H2,46,56)(H,53,59)(H,54,57)(H,55,58)(H4,47,48,51)(H4,49,50,52)/t33-,34-,35-,36+/m0/s1. The number of nitrogens with two attached hydrogens (primary N) is 4. The van der Waals surface area contributed by atoms with Gasteiger partial charge in [0.05, 0.1) is 6.04 Å². The van der Waals surface area contributed by atoms with Crippen LogP contribution in [-0.4, -0.2) is 72.8 Å². The molecule has 17 heteroatoms. The minimum atomic E-state index is -1.20. The number of primary amides is 1. The Morgan fingerprint density at radius 1 is 0.508 bits per heavy atom. The number of hydrogen-bond acceptors (Lipinski definition) is 7. The maximum absolute atomic E-state index is 14.1. The predicted octanol–water partition coefficient (Wildman–Crippen LogP) is 2.91. The highest BCUT2D eigenvalue weighted by Gasteiger charge is 2.30. The van der Waals surface area contributed by atoms with E-state index in [0.717, 1.165) is 27.8 Å². The SMILES string of the molecule is N=C(N)NCCC[C@H](NC(=O)[C@@H](Cc1ccc(-c2ccc(Cl)cc2)cc1)NC(=O)[C@H](CCCNC(=N)N)NC(=O)[C@@H](N)Cc1ccc(-c2ccc(Cl)cc2)cc1)C(N)=O. The van der Waals surface area contributed by atoms with Crippen LogP contribution in [0.25, 0.3) is 22.3 Å². The Kier molecular flexibility index (Phi) is 17.5. The van der Waals surface area contributed by atoms with E-state index >= 15 is 0 Å². The summed E-state index contributed by atoms with van der Waals surface area (Å²) in [4.78, 5) is 53.9. The van der Waals surface area contributed by atoms with Crippen molar-refractivity contribution >= 4 is 58.7 Å². The normalized spacial score (nSPS) is 12.9. The lowest BCUT2D eigenvalue weighted by Crippen LogP contribution is -2.58. The third-order valence-electron chi connectivity index (χ3n) is 9.39. The molecule has 0 aromatic heterocycles. The summed E-state index contributed by atoms with van der Waals surface area (Å²) >= 11 is 12.1. The van der Waals surface area contributed by atoms with Gasteiger partial charge in [0.1, 0.15) is 18.1 Å². The van der Waals surface area contributed by atoms with Gasteiger partial charge in [0.25, 0.3) is 0 Å². The first-order valence-corrected chi connectivity index (χ1v) is 19.8. The van der Waals surface area contributed by atoms with Crippen molar-refractivity contribution in [1.82, 2.24) is 26.6 Å². The molecule has 0 heterocycles. The van der Waals surface area contributed by atoms with E-state index in [-0.39, 0.29) is 50.7 Å². The number of amides is 4. The maximum atomic E-state index is 14.1. The van der Waals surface area contributed by atoms with E-state index in [2.05, 4.69) is 26.6 Å². The van der Waals surface area contributed by atoms with Crippen LogP contribution in [0.3, 0.4) is 0 Å². The van der Waals surface area contributed by atoms with Gasteiger partial charge in [0.15, 0.2) is 11.9 Å². The van der Waals surface area contributed by atoms with Crippen molar-refractivity contribution in [3.05, 3.63) is 118 Å². The summed E-state index contributed by atoms with van der Waals surface area (Å²) in [6.45, 7) is 0.509. The van der Waals surface area contributed by atoms with Crippen LogP contribution in [0, 0.1) is 10.8 Å². The van der Waals surface area contributed by atoms with Gasteiger partial charge in [-0.2, -0.15) is 0 Å². The molecule has 4 aromatic rings. The molecule has 4 amide bonds. The molecule has 312 valence electrons. The first-order valence-electron chi connectivity index (χ1n) is 19.0.